The Morgan fingerprint density at radius 1 is 1.03 bits per heavy atom. The molecule has 1 heterocycles. The van der Waals surface area contributed by atoms with Gasteiger partial charge in [-0.05, 0) is 72.8 Å². The molecule has 0 spiro atoms. The number of non-ortho nitro benzene ring substituents is 1. The Hall–Kier alpha value is -2.11. The van der Waals surface area contributed by atoms with Crippen molar-refractivity contribution in [3.8, 4) is 5.75 Å². The van der Waals surface area contributed by atoms with Gasteiger partial charge in [0.05, 0.1) is 11.0 Å². The van der Waals surface area contributed by atoms with Crippen molar-refractivity contribution in [2.75, 3.05) is 0 Å². The molecule has 6 nitrogen and oxygen atoms in total. The number of hydrogen-bond acceptors (Lipinski definition) is 4. The number of carbonyl (C=O) groups is 1. The first-order valence-electron chi connectivity index (χ1n) is 12.3. The van der Waals surface area contributed by atoms with E-state index in [0.717, 1.165) is 6.42 Å². The monoisotopic (exact) mass is 440 g/mol. The average Bonchev–Trinajstić information content (AvgIpc) is 3.14. The van der Waals surface area contributed by atoms with Gasteiger partial charge in [0.2, 0.25) is 5.91 Å². The predicted molar refractivity (Wildman–Crippen MR) is 122 cm³/mol. The number of carbonyl (C=O) groups excluding carboxylic acids is 1. The number of hydrogen-bond donors (Lipinski definition) is 1. The molecule has 4 aliphatic rings. The Morgan fingerprint density at radius 3 is 2.44 bits per heavy atom. The van der Waals surface area contributed by atoms with Gasteiger partial charge >= 0.3 is 0 Å². The number of amides is 1. The highest BCUT2D eigenvalue weighted by molar-refractivity contribution is 5.77. The maximum atomic E-state index is 12.5. The maximum Gasteiger partial charge on any atom is 0.269 e. The fraction of sp³-hybridized carbons (Fsp3) is 0.731. The molecule has 3 aliphatic carbocycles. The summed E-state index contributed by atoms with van der Waals surface area (Å²) in [6, 6.07) is 6.34. The Bertz CT molecular complexity index is 928. The van der Waals surface area contributed by atoms with Crippen molar-refractivity contribution in [2.45, 2.75) is 84.8 Å². The van der Waals surface area contributed by atoms with Gasteiger partial charge in [0.1, 0.15) is 11.9 Å². The highest BCUT2D eigenvalue weighted by atomic mass is 16.6. The fourth-order valence-corrected chi connectivity index (χ4v) is 8.32. The molecule has 1 aliphatic heterocycles. The summed E-state index contributed by atoms with van der Waals surface area (Å²) in [4.78, 5) is 23.2. The normalized spacial score (nSPS) is 42.2. The standard InChI is InChI=1S/C26H36N2O4/c1-24(2)21-18-6-5-13-25(18,3)14-11-19(21)26(4)15-12-20(29)27-22(26)23(24)32-17-9-7-16(8-10-17)28(30)31/h7-10,18-19,21-23H,5-6,11-15H2,1-4H3,(H,27,29)/t18-,19+,21-,22?,23?,25-,26+/m0/s1. The Kier molecular flexibility index (Phi) is 4.88. The van der Waals surface area contributed by atoms with E-state index in [1.807, 2.05) is 0 Å². The van der Waals surface area contributed by atoms with Crippen molar-refractivity contribution in [1.82, 2.24) is 5.32 Å². The van der Waals surface area contributed by atoms with Crippen molar-refractivity contribution in [1.29, 1.82) is 0 Å². The largest absolute Gasteiger partial charge is 0.488 e. The first-order valence-corrected chi connectivity index (χ1v) is 12.3. The molecule has 3 saturated carbocycles. The number of nitro benzene ring substituents is 1. The minimum absolute atomic E-state index is 0.00343. The van der Waals surface area contributed by atoms with Gasteiger partial charge in [-0.1, -0.05) is 34.1 Å². The smallest absolute Gasteiger partial charge is 0.269 e. The Morgan fingerprint density at radius 2 is 1.75 bits per heavy atom. The van der Waals surface area contributed by atoms with Gasteiger partial charge in [-0.3, -0.25) is 14.9 Å². The highest BCUT2D eigenvalue weighted by Gasteiger charge is 2.67. The number of ether oxygens (including phenoxy) is 1. The second-order valence-corrected chi connectivity index (χ2v) is 12.0. The summed E-state index contributed by atoms with van der Waals surface area (Å²) < 4.78 is 6.68. The summed E-state index contributed by atoms with van der Waals surface area (Å²) in [5.74, 6) is 2.56. The third kappa shape index (κ3) is 3.08. The van der Waals surface area contributed by atoms with E-state index in [1.54, 1.807) is 12.1 Å². The van der Waals surface area contributed by atoms with Crippen LogP contribution in [0.5, 0.6) is 5.75 Å². The molecule has 0 radical (unpaired) electrons. The van der Waals surface area contributed by atoms with E-state index >= 15 is 0 Å². The first kappa shape index (κ1) is 21.7. The molecule has 1 amide bonds. The molecule has 1 N–H and O–H groups in total. The molecule has 0 bridgehead atoms. The molecule has 32 heavy (non-hydrogen) atoms. The third-order valence-corrected chi connectivity index (χ3v) is 10.0. The highest BCUT2D eigenvalue weighted by Crippen LogP contribution is 2.68. The van der Waals surface area contributed by atoms with Crippen LogP contribution in [-0.2, 0) is 4.79 Å². The van der Waals surface area contributed by atoms with Gasteiger partial charge in [0, 0.05) is 24.0 Å². The lowest BCUT2D eigenvalue weighted by Crippen LogP contribution is -2.72. The zero-order valence-corrected chi connectivity index (χ0v) is 19.7. The van der Waals surface area contributed by atoms with Crippen LogP contribution in [0.25, 0.3) is 0 Å². The number of fused-ring (bicyclic) bond motifs is 5. The SMILES string of the molecule is CC1(C)C(Oc2ccc([N+](=O)[O-])cc2)C2NC(=O)CC[C@]2(C)[C@@H]2CC[C@]3(C)CCC[C@H]3[C@@H]21. The van der Waals surface area contributed by atoms with Crippen molar-refractivity contribution < 1.29 is 14.5 Å². The molecule has 1 aromatic rings. The summed E-state index contributed by atoms with van der Waals surface area (Å²) >= 11 is 0. The van der Waals surface area contributed by atoms with Crippen LogP contribution in [0.3, 0.4) is 0 Å². The molecule has 7 atom stereocenters. The second-order valence-electron chi connectivity index (χ2n) is 12.0. The molecular weight excluding hydrogens is 404 g/mol. The van der Waals surface area contributed by atoms with Gasteiger partial charge < -0.3 is 10.1 Å². The molecule has 0 aromatic heterocycles. The van der Waals surface area contributed by atoms with Gasteiger partial charge in [-0.25, -0.2) is 0 Å². The summed E-state index contributed by atoms with van der Waals surface area (Å²) in [7, 11) is 0. The van der Waals surface area contributed by atoms with Gasteiger partial charge in [0.25, 0.3) is 5.69 Å². The molecular formula is C26H36N2O4. The molecule has 4 fully saturated rings. The number of nitrogens with zero attached hydrogens (tertiary/aromatic N) is 1. The van der Waals surface area contributed by atoms with Gasteiger partial charge in [-0.2, -0.15) is 0 Å². The molecule has 6 heteroatoms. The summed E-state index contributed by atoms with van der Waals surface area (Å²) in [6.07, 6.45) is 7.76. The van der Waals surface area contributed by atoms with Gasteiger partial charge in [0.15, 0.2) is 0 Å². The number of benzene rings is 1. The van der Waals surface area contributed by atoms with Crippen LogP contribution in [0.1, 0.15) is 72.6 Å². The average molecular weight is 441 g/mol. The summed E-state index contributed by atoms with van der Waals surface area (Å²) in [6.45, 7) is 9.56. The van der Waals surface area contributed by atoms with E-state index in [0.29, 0.717) is 35.3 Å². The van der Waals surface area contributed by atoms with E-state index in [1.165, 1.54) is 44.2 Å². The van der Waals surface area contributed by atoms with Crippen LogP contribution in [0.4, 0.5) is 5.69 Å². The molecule has 174 valence electrons. The van der Waals surface area contributed by atoms with E-state index < -0.39 is 0 Å². The third-order valence-electron chi connectivity index (χ3n) is 10.0. The first-order chi connectivity index (χ1) is 15.1. The van der Waals surface area contributed by atoms with Crippen LogP contribution in [0.15, 0.2) is 24.3 Å². The number of rotatable bonds is 3. The van der Waals surface area contributed by atoms with Crippen LogP contribution in [-0.4, -0.2) is 23.0 Å². The van der Waals surface area contributed by atoms with Crippen molar-refractivity contribution in [2.24, 2.45) is 34.0 Å². The van der Waals surface area contributed by atoms with Crippen molar-refractivity contribution in [3.63, 3.8) is 0 Å². The van der Waals surface area contributed by atoms with E-state index in [2.05, 4.69) is 33.0 Å². The minimum Gasteiger partial charge on any atom is -0.488 e. The molecule has 1 saturated heterocycles. The van der Waals surface area contributed by atoms with E-state index in [-0.39, 0.29) is 39.5 Å². The number of piperidine rings is 1. The fourth-order valence-electron chi connectivity index (χ4n) is 8.32. The van der Waals surface area contributed by atoms with Crippen LogP contribution >= 0.6 is 0 Å². The molecule has 1 aromatic carbocycles. The maximum absolute atomic E-state index is 12.5. The topological polar surface area (TPSA) is 81.5 Å². The Labute approximate surface area is 190 Å². The van der Waals surface area contributed by atoms with E-state index in [9.17, 15) is 14.9 Å². The predicted octanol–water partition coefficient (Wildman–Crippen LogP) is 5.50. The van der Waals surface area contributed by atoms with Crippen LogP contribution < -0.4 is 10.1 Å². The van der Waals surface area contributed by atoms with E-state index in [4.69, 9.17) is 4.74 Å². The lowest BCUT2D eigenvalue weighted by molar-refractivity contribution is -0.384. The number of nitrogens with one attached hydrogen (secondary N) is 1. The van der Waals surface area contributed by atoms with Crippen LogP contribution in [0, 0.1) is 44.1 Å². The van der Waals surface area contributed by atoms with Crippen molar-refractivity contribution >= 4 is 11.6 Å². The minimum atomic E-state index is -0.389. The van der Waals surface area contributed by atoms with Gasteiger partial charge in [-0.15, -0.1) is 0 Å². The number of nitro groups is 1. The molecule has 5 rings (SSSR count). The Balaban J connectivity index is 1.56. The summed E-state index contributed by atoms with van der Waals surface area (Å²) in [5.41, 5.74) is 0.351. The lowest BCUT2D eigenvalue weighted by atomic mass is 9.41. The quantitative estimate of drug-likeness (QED) is 0.497. The summed E-state index contributed by atoms with van der Waals surface area (Å²) in [5, 5.41) is 14.4. The van der Waals surface area contributed by atoms with Crippen molar-refractivity contribution in [3.05, 3.63) is 34.4 Å². The zero-order valence-electron chi connectivity index (χ0n) is 19.7. The zero-order chi connectivity index (χ0) is 22.9. The lowest BCUT2D eigenvalue weighted by Gasteiger charge is -2.66. The molecule has 2 unspecified atom stereocenters. The van der Waals surface area contributed by atoms with Crippen LogP contribution in [0.2, 0.25) is 0 Å². The second kappa shape index (κ2) is 7.19.